The Labute approximate surface area is 180 Å². The summed E-state index contributed by atoms with van der Waals surface area (Å²) in [5.41, 5.74) is 4.91. The highest BCUT2D eigenvalue weighted by Crippen LogP contribution is 2.21. The molecule has 3 aromatic heterocycles. The molecule has 0 radical (unpaired) electrons. The van der Waals surface area contributed by atoms with Crippen molar-refractivity contribution >= 4 is 39.6 Å². The van der Waals surface area contributed by atoms with Gasteiger partial charge >= 0.3 is 0 Å². The van der Waals surface area contributed by atoms with E-state index in [9.17, 15) is 0 Å². The molecule has 8 heteroatoms. The summed E-state index contributed by atoms with van der Waals surface area (Å²) in [6.07, 6.45) is 7.29. The van der Waals surface area contributed by atoms with Gasteiger partial charge in [0.2, 0.25) is 0 Å². The molecule has 0 spiro atoms. The van der Waals surface area contributed by atoms with Crippen molar-refractivity contribution in [2.75, 3.05) is 44.7 Å². The van der Waals surface area contributed by atoms with E-state index in [1.165, 1.54) is 5.69 Å². The number of halogens is 1. The van der Waals surface area contributed by atoms with Crippen molar-refractivity contribution in [3.05, 3.63) is 65.8 Å². The standard InChI is InChI=1S/C22H24ClN7/c1-25-14-18(16-12-21-20(27-13-16)2-3-22(23)28-21)19(24)15-29-8-10-30(11-9-29)17-4-6-26-7-5-17/h2-7,12-14,24-25H,8-11,15H2,1H3/b18-14-,24-19?. The van der Waals surface area contributed by atoms with E-state index >= 15 is 0 Å². The number of hydrogen-bond donors (Lipinski definition) is 2. The van der Waals surface area contributed by atoms with Crippen molar-refractivity contribution in [3.8, 4) is 0 Å². The second kappa shape index (κ2) is 9.19. The van der Waals surface area contributed by atoms with Crippen LogP contribution in [0.25, 0.3) is 16.6 Å². The zero-order valence-corrected chi connectivity index (χ0v) is 17.6. The molecule has 1 aliphatic rings. The summed E-state index contributed by atoms with van der Waals surface area (Å²) in [6.45, 7) is 4.26. The van der Waals surface area contributed by atoms with Crippen LogP contribution in [0, 0.1) is 5.41 Å². The summed E-state index contributed by atoms with van der Waals surface area (Å²) in [5, 5.41) is 12.2. The van der Waals surface area contributed by atoms with Crippen LogP contribution in [0.5, 0.6) is 0 Å². The zero-order chi connectivity index (χ0) is 20.9. The lowest BCUT2D eigenvalue weighted by atomic mass is 10.0. The Kier molecular flexibility index (Phi) is 6.21. The van der Waals surface area contributed by atoms with Crippen molar-refractivity contribution in [1.29, 1.82) is 5.41 Å². The Morgan fingerprint density at radius 2 is 1.90 bits per heavy atom. The van der Waals surface area contributed by atoms with Gasteiger partial charge in [0.15, 0.2) is 0 Å². The van der Waals surface area contributed by atoms with E-state index in [-0.39, 0.29) is 0 Å². The largest absolute Gasteiger partial charge is 0.393 e. The molecule has 0 bridgehead atoms. The van der Waals surface area contributed by atoms with Gasteiger partial charge in [-0.25, -0.2) is 4.98 Å². The number of hydrogen-bond acceptors (Lipinski definition) is 7. The van der Waals surface area contributed by atoms with Gasteiger partial charge in [-0.05, 0) is 30.3 Å². The number of piperazine rings is 1. The number of nitrogens with zero attached hydrogens (tertiary/aromatic N) is 5. The molecule has 7 nitrogen and oxygen atoms in total. The predicted octanol–water partition coefficient (Wildman–Crippen LogP) is 3.08. The molecule has 2 N–H and O–H groups in total. The van der Waals surface area contributed by atoms with Crippen LogP contribution >= 0.6 is 11.6 Å². The van der Waals surface area contributed by atoms with E-state index in [0.29, 0.717) is 17.4 Å². The van der Waals surface area contributed by atoms with Crippen molar-refractivity contribution in [1.82, 2.24) is 25.2 Å². The number of pyridine rings is 3. The van der Waals surface area contributed by atoms with Crippen molar-refractivity contribution in [2.45, 2.75) is 0 Å². The Hall–Kier alpha value is -3.03. The van der Waals surface area contributed by atoms with Crippen LogP contribution in [-0.4, -0.2) is 65.3 Å². The molecule has 0 aromatic carbocycles. The van der Waals surface area contributed by atoms with Crippen LogP contribution in [0.4, 0.5) is 5.69 Å². The second-order valence-corrected chi connectivity index (χ2v) is 7.58. The zero-order valence-electron chi connectivity index (χ0n) is 16.8. The van der Waals surface area contributed by atoms with E-state index in [1.54, 1.807) is 12.3 Å². The highest BCUT2D eigenvalue weighted by atomic mass is 35.5. The number of aromatic nitrogens is 3. The minimum atomic E-state index is 0.433. The van der Waals surface area contributed by atoms with Gasteiger partial charge in [-0.3, -0.25) is 14.9 Å². The second-order valence-electron chi connectivity index (χ2n) is 7.19. The van der Waals surface area contributed by atoms with Gasteiger partial charge in [0.25, 0.3) is 0 Å². The Morgan fingerprint density at radius 1 is 1.13 bits per heavy atom. The molecule has 4 rings (SSSR count). The van der Waals surface area contributed by atoms with Gasteiger partial charge in [-0.15, -0.1) is 0 Å². The molecular weight excluding hydrogens is 398 g/mol. The average molecular weight is 422 g/mol. The van der Waals surface area contributed by atoms with Gasteiger partial charge in [-0.2, -0.15) is 0 Å². The van der Waals surface area contributed by atoms with E-state index in [0.717, 1.165) is 48.3 Å². The maximum atomic E-state index is 8.74. The fourth-order valence-electron chi connectivity index (χ4n) is 3.65. The number of fused-ring (bicyclic) bond motifs is 1. The molecule has 0 amide bonds. The van der Waals surface area contributed by atoms with Crippen molar-refractivity contribution < 1.29 is 0 Å². The smallest absolute Gasteiger partial charge is 0.129 e. The molecule has 0 saturated carbocycles. The van der Waals surface area contributed by atoms with Crippen LogP contribution in [0.1, 0.15) is 5.56 Å². The van der Waals surface area contributed by atoms with Crippen molar-refractivity contribution in [2.24, 2.45) is 0 Å². The first kappa shape index (κ1) is 20.3. The van der Waals surface area contributed by atoms with Crippen LogP contribution in [0.15, 0.2) is 55.1 Å². The maximum absolute atomic E-state index is 8.74. The molecule has 30 heavy (non-hydrogen) atoms. The lowest BCUT2D eigenvalue weighted by Crippen LogP contribution is -2.48. The minimum absolute atomic E-state index is 0.433. The molecule has 1 fully saturated rings. The monoisotopic (exact) mass is 421 g/mol. The quantitative estimate of drug-likeness (QED) is 0.470. The van der Waals surface area contributed by atoms with E-state index in [4.69, 9.17) is 17.0 Å². The minimum Gasteiger partial charge on any atom is -0.393 e. The summed E-state index contributed by atoms with van der Waals surface area (Å²) >= 11 is 6.04. The van der Waals surface area contributed by atoms with Gasteiger partial charge < -0.3 is 15.6 Å². The third-order valence-corrected chi connectivity index (χ3v) is 5.42. The lowest BCUT2D eigenvalue weighted by Gasteiger charge is -2.36. The molecule has 3 aromatic rings. The normalized spacial score (nSPS) is 15.4. The third-order valence-electron chi connectivity index (χ3n) is 5.21. The highest BCUT2D eigenvalue weighted by molar-refractivity contribution is 6.29. The summed E-state index contributed by atoms with van der Waals surface area (Å²) in [4.78, 5) is 17.6. The first-order chi connectivity index (χ1) is 14.6. The molecule has 0 unspecified atom stereocenters. The SMILES string of the molecule is CN/C=C(\C(=N)CN1CCN(c2ccncc2)CC1)c1cnc2ccc(Cl)nc2c1. The topological polar surface area (TPSA) is 81.0 Å². The Bertz CT molecular complexity index is 1060. The fourth-order valence-corrected chi connectivity index (χ4v) is 3.80. The van der Waals surface area contributed by atoms with Crippen LogP contribution in [0.3, 0.4) is 0 Å². The first-order valence-electron chi connectivity index (χ1n) is 9.89. The molecule has 154 valence electrons. The third kappa shape index (κ3) is 4.58. The van der Waals surface area contributed by atoms with E-state index < -0.39 is 0 Å². The molecule has 1 saturated heterocycles. The molecule has 0 atom stereocenters. The predicted molar refractivity (Wildman–Crippen MR) is 122 cm³/mol. The van der Waals surface area contributed by atoms with Crippen LogP contribution in [-0.2, 0) is 0 Å². The van der Waals surface area contributed by atoms with Gasteiger partial charge in [0.1, 0.15) is 5.15 Å². The van der Waals surface area contributed by atoms with E-state index in [2.05, 4.69) is 30.1 Å². The molecular formula is C22H24ClN7. The van der Waals surface area contributed by atoms with Crippen molar-refractivity contribution in [3.63, 3.8) is 0 Å². The number of rotatable bonds is 6. The Balaban J connectivity index is 1.45. The number of nitrogens with one attached hydrogen (secondary N) is 2. The van der Waals surface area contributed by atoms with Gasteiger partial charge in [-0.1, -0.05) is 11.6 Å². The molecule has 4 heterocycles. The highest BCUT2D eigenvalue weighted by Gasteiger charge is 2.20. The van der Waals surface area contributed by atoms with Crippen LogP contribution in [0.2, 0.25) is 5.15 Å². The van der Waals surface area contributed by atoms with Crippen LogP contribution < -0.4 is 10.2 Å². The average Bonchev–Trinajstić information content (AvgIpc) is 2.78. The summed E-state index contributed by atoms with van der Waals surface area (Å²) in [6, 6.07) is 9.60. The summed E-state index contributed by atoms with van der Waals surface area (Å²) < 4.78 is 0. The first-order valence-corrected chi connectivity index (χ1v) is 10.3. The van der Waals surface area contributed by atoms with Gasteiger partial charge in [0, 0.05) is 81.4 Å². The fraction of sp³-hybridized carbons (Fsp3) is 0.273. The Morgan fingerprint density at radius 3 is 2.63 bits per heavy atom. The summed E-state index contributed by atoms with van der Waals surface area (Å²) in [7, 11) is 1.84. The summed E-state index contributed by atoms with van der Waals surface area (Å²) in [5.74, 6) is 0. The van der Waals surface area contributed by atoms with E-state index in [1.807, 2.05) is 49.9 Å². The van der Waals surface area contributed by atoms with Gasteiger partial charge in [0.05, 0.1) is 16.7 Å². The lowest BCUT2D eigenvalue weighted by molar-refractivity contribution is 0.292. The molecule has 0 aliphatic carbocycles. The maximum Gasteiger partial charge on any atom is 0.129 e. The molecule has 1 aliphatic heterocycles. The number of anilines is 1.